The summed E-state index contributed by atoms with van der Waals surface area (Å²) in [6.07, 6.45) is 6.18. The van der Waals surface area contributed by atoms with E-state index in [1.54, 1.807) is 6.92 Å². The van der Waals surface area contributed by atoms with Crippen molar-refractivity contribution in [3.8, 4) is 0 Å². The van der Waals surface area contributed by atoms with Gasteiger partial charge in [-0.1, -0.05) is 19.3 Å². The van der Waals surface area contributed by atoms with Gasteiger partial charge in [0.15, 0.2) is 0 Å². The minimum atomic E-state index is 0.0541. The summed E-state index contributed by atoms with van der Waals surface area (Å²) in [7, 11) is 0. The van der Waals surface area contributed by atoms with Gasteiger partial charge in [-0.25, -0.2) is 0 Å². The molecule has 1 amide bonds. The Bertz CT molecular complexity index is 174. The number of rotatable bonds is 3. The van der Waals surface area contributed by atoms with Crippen LogP contribution in [0, 0.1) is 5.41 Å². The van der Waals surface area contributed by atoms with Gasteiger partial charge in [-0.15, -0.1) is 0 Å². The van der Waals surface area contributed by atoms with Gasteiger partial charge in [0.2, 0.25) is 5.91 Å². The first kappa shape index (κ1) is 10.5. The molecule has 1 rings (SSSR count). The van der Waals surface area contributed by atoms with E-state index in [-0.39, 0.29) is 11.3 Å². The van der Waals surface area contributed by atoms with Crippen LogP contribution >= 0.6 is 0 Å². The van der Waals surface area contributed by atoms with E-state index in [1.165, 1.54) is 32.1 Å². The zero-order chi connectivity index (χ0) is 9.73. The highest BCUT2D eigenvalue weighted by Crippen LogP contribution is 2.34. The van der Waals surface area contributed by atoms with E-state index >= 15 is 0 Å². The van der Waals surface area contributed by atoms with Gasteiger partial charge in [-0.2, -0.15) is 0 Å². The number of carbonyl (C=O) groups is 1. The fourth-order valence-electron chi connectivity index (χ4n) is 2.07. The van der Waals surface area contributed by atoms with E-state index in [1.807, 2.05) is 0 Å². The number of hydrogen-bond acceptors (Lipinski definition) is 2. The third-order valence-electron chi connectivity index (χ3n) is 3.06. The number of nitrogens with one attached hydrogen (secondary N) is 1. The van der Waals surface area contributed by atoms with Crippen molar-refractivity contribution in [1.29, 1.82) is 0 Å². The lowest BCUT2D eigenvalue weighted by Crippen LogP contribution is -2.43. The molecule has 0 spiro atoms. The zero-order valence-electron chi connectivity index (χ0n) is 8.44. The molecule has 1 aliphatic carbocycles. The van der Waals surface area contributed by atoms with E-state index < -0.39 is 0 Å². The normalized spacial score (nSPS) is 21.1. The second-order valence-corrected chi connectivity index (χ2v) is 4.17. The maximum absolute atomic E-state index is 10.8. The van der Waals surface area contributed by atoms with Crippen LogP contribution in [0.25, 0.3) is 0 Å². The van der Waals surface area contributed by atoms with E-state index in [4.69, 9.17) is 5.73 Å². The molecule has 0 aliphatic heterocycles. The van der Waals surface area contributed by atoms with Gasteiger partial charge in [-0.3, -0.25) is 4.79 Å². The Morgan fingerprint density at radius 1 is 1.38 bits per heavy atom. The fourth-order valence-corrected chi connectivity index (χ4v) is 2.07. The summed E-state index contributed by atoms with van der Waals surface area (Å²) in [5.74, 6) is 0.0541. The molecule has 0 heterocycles. The van der Waals surface area contributed by atoms with Gasteiger partial charge in [0.05, 0.1) is 0 Å². The van der Waals surface area contributed by atoms with Crippen molar-refractivity contribution in [3.05, 3.63) is 0 Å². The van der Waals surface area contributed by atoms with Crippen LogP contribution in [0.3, 0.4) is 0 Å². The molecular weight excluding hydrogens is 164 g/mol. The molecule has 0 unspecified atom stereocenters. The third kappa shape index (κ3) is 2.99. The van der Waals surface area contributed by atoms with Crippen molar-refractivity contribution in [3.63, 3.8) is 0 Å². The van der Waals surface area contributed by atoms with E-state index in [0.29, 0.717) is 6.54 Å². The summed E-state index contributed by atoms with van der Waals surface area (Å²) in [6.45, 7) is 3.03. The van der Waals surface area contributed by atoms with Crippen LogP contribution in [-0.2, 0) is 4.79 Å². The third-order valence-corrected chi connectivity index (χ3v) is 3.06. The quantitative estimate of drug-likeness (QED) is 0.688. The molecular formula is C10H20N2O. The van der Waals surface area contributed by atoms with Gasteiger partial charge in [0.1, 0.15) is 0 Å². The first-order valence-electron chi connectivity index (χ1n) is 5.13. The van der Waals surface area contributed by atoms with Gasteiger partial charge in [-0.05, 0) is 24.8 Å². The SMILES string of the molecule is CC(=O)NCC1(CN)CCCCC1. The molecule has 0 radical (unpaired) electrons. The molecule has 0 saturated heterocycles. The molecule has 13 heavy (non-hydrogen) atoms. The fraction of sp³-hybridized carbons (Fsp3) is 0.900. The van der Waals surface area contributed by atoms with Crippen LogP contribution in [0.2, 0.25) is 0 Å². The Balaban J connectivity index is 2.42. The Morgan fingerprint density at radius 3 is 2.46 bits per heavy atom. The summed E-state index contributed by atoms with van der Waals surface area (Å²) in [5, 5.41) is 2.89. The van der Waals surface area contributed by atoms with Crippen molar-refractivity contribution in [2.75, 3.05) is 13.1 Å². The van der Waals surface area contributed by atoms with Crippen LogP contribution in [0.4, 0.5) is 0 Å². The van der Waals surface area contributed by atoms with E-state index in [2.05, 4.69) is 5.32 Å². The van der Waals surface area contributed by atoms with E-state index in [9.17, 15) is 4.79 Å². The van der Waals surface area contributed by atoms with E-state index in [0.717, 1.165) is 6.54 Å². The van der Waals surface area contributed by atoms with Crippen LogP contribution in [0.1, 0.15) is 39.0 Å². The van der Waals surface area contributed by atoms with Crippen molar-refractivity contribution in [1.82, 2.24) is 5.32 Å². The predicted molar refractivity (Wildman–Crippen MR) is 53.3 cm³/mol. The minimum Gasteiger partial charge on any atom is -0.356 e. The highest BCUT2D eigenvalue weighted by molar-refractivity contribution is 5.72. The maximum atomic E-state index is 10.8. The molecule has 1 aliphatic rings. The van der Waals surface area contributed by atoms with Crippen molar-refractivity contribution in [2.24, 2.45) is 11.1 Å². The number of hydrogen-bond donors (Lipinski definition) is 2. The molecule has 0 atom stereocenters. The summed E-state index contributed by atoms with van der Waals surface area (Å²) >= 11 is 0. The Hall–Kier alpha value is -0.570. The summed E-state index contributed by atoms with van der Waals surface area (Å²) < 4.78 is 0. The molecule has 3 nitrogen and oxygen atoms in total. The molecule has 0 aromatic carbocycles. The van der Waals surface area contributed by atoms with Gasteiger partial charge >= 0.3 is 0 Å². The van der Waals surface area contributed by atoms with Gasteiger partial charge in [0.25, 0.3) is 0 Å². The highest BCUT2D eigenvalue weighted by atomic mass is 16.1. The predicted octanol–water partition coefficient (Wildman–Crippen LogP) is 1.03. The topological polar surface area (TPSA) is 55.1 Å². The second-order valence-electron chi connectivity index (χ2n) is 4.17. The zero-order valence-corrected chi connectivity index (χ0v) is 8.44. The van der Waals surface area contributed by atoms with Crippen LogP contribution in [0.15, 0.2) is 0 Å². The average Bonchev–Trinajstić information content (AvgIpc) is 2.16. The minimum absolute atomic E-state index is 0.0541. The lowest BCUT2D eigenvalue weighted by molar-refractivity contribution is -0.119. The monoisotopic (exact) mass is 184 g/mol. The lowest BCUT2D eigenvalue weighted by atomic mass is 9.74. The summed E-state index contributed by atoms with van der Waals surface area (Å²) in [6, 6.07) is 0. The first-order chi connectivity index (χ1) is 6.18. The molecule has 1 saturated carbocycles. The number of carbonyl (C=O) groups excluding carboxylic acids is 1. The Labute approximate surface area is 80.1 Å². The van der Waals surface area contributed by atoms with Crippen molar-refractivity contribution >= 4 is 5.91 Å². The van der Waals surface area contributed by atoms with Crippen LogP contribution in [-0.4, -0.2) is 19.0 Å². The summed E-state index contributed by atoms with van der Waals surface area (Å²) in [4.78, 5) is 10.8. The highest BCUT2D eigenvalue weighted by Gasteiger charge is 2.30. The maximum Gasteiger partial charge on any atom is 0.216 e. The molecule has 3 N–H and O–H groups in total. The molecule has 3 heteroatoms. The van der Waals surface area contributed by atoms with Crippen molar-refractivity contribution < 1.29 is 4.79 Å². The smallest absolute Gasteiger partial charge is 0.216 e. The average molecular weight is 184 g/mol. The van der Waals surface area contributed by atoms with Gasteiger partial charge in [0, 0.05) is 13.5 Å². The number of amides is 1. The first-order valence-corrected chi connectivity index (χ1v) is 5.13. The van der Waals surface area contributed by atoms with Crippen LogP contribution in [0.5, 0.6) is 0 Å². The largest absolute Gasteiger partial charge is 0.356 e. The van der Waals surface area contributed by atoms with Gasteiger partial charge < -0.3 is 11.1 Å². The molecule has 0 aromatic rings. The van der Waals surface area contributed by atoms with Crippen molar-refractivity contribution in [2.45, 2.75) is 39.0 Å². The molecule has 0 bridgehead atoms. The Morgan fingerprint density at radius 2 is 2.00 bits per heavy atom. The standard InChI is InChI=1S/C10H20N2O/c1-9(13)12-8-10(7-11)5-3-2-4-6-10/h2-8,11H2,1H3,(H,12,13). The second kappa shape index (κ2) is 4.61. The number of nitrogens with two attached hydrogens (primary N) is 1. The summed E-state index contributed by atoms with van der Waals surface area (Å²) in [5.41, 5.74) is 5.97. The Kier molecular flexibility index (Phi) is 3.72. The lowest BCUT2D eigenvalue weighted by Gasteiger charge is -2.36. The molecule has 0 aromatic heterocycles. The molecule has 1 fully saturated rings. The van der Waals surface area contributed by atoms with Crippen LogP contribution < -0.4 is 11.1 Å². The molecule has 76 valence electrons.